The van der Waals surface area contributed by atoms with Gasteiger partial charge in [-0.15, -0.1) is 0 Å². The number of ether oxygens (including phenoxy) is 3. The summed E-state index contributed by atoms with van der Waals surface area (Å²) in [6, 6.07) is 0. The first-order valence-electron chi connectivity index (χ1n) is 11.0. The minimum Gasteiger partial charge on any atom is -0.448 e. The zero-order valence-electron chi connectivity index (χ0n) is 18.9. The van der Waals surface area contributed by atoms with E-state index in [1.807, 2.05) is 0 Å². The first-order valence-corrected chi connectivity index (χ1v) is 11.0. The molecule has 1 saturated heterocycles. The van der Waals surface area contributed by atoms with E-state index in [0.29, 0.717) is 11.8 Å². The average molecular weight is 421 g/mol. The third kappa shape index (κ3) is 3.96. The molecule has 2 aliphatic carbocycles. The summed E-state index contributed by atoms with van der Waals surface area (Å²) in [4.78, 5) is 23.5. The predicted molar refractivity (Wildman–Crippen MR) is 112 cm³/mol. The highest BCUT2D eigenvalue weighted by atomic mass is 16.8. The molecule has 0 radical (unpaired) electrons. The molecule has 3 fully saturated rings. The van der Waals surface area contributed by atoms with Crippen LogP contribution in [-0.2, 0) is 23.8 Å². The normalized spacial score (nSPS) is 44.0. The van der Waals surface area contributed by atoms with Crippen molar-refractivity contribution in [1.82, 2.24) is 0 Å². The summed E-state index contributed by atoms with van der Waals surface area (Å²) in [7, 11) is 0. The number of aliphatic hydroxyl groups is 1. The molecule has 0 aromatic carbocycles. The Morgan fingerprint density at radius 1 is 1.20 bits per heavy atom. The Morgan fingerprint density at radius 2 is 1.90 bits per heavy atom. The molecule has 3 rings (SSSR count). The number of fused-ring (bicyclic) bond motifs is 1. The maximum Gasteiger partial charge on any atom is 0.305 e. The van der Waals surface area contributed by atoms with Crippen molar-refractivity contribution in [1.29, 1.82) is 0 Å². The molecule has 3 aliphatic rings. The van der Waals surface area contributed by atoms with Crippen LogP contribution in [0.3, 0.4) is 0 Å². The van der Waals surface area contributed by atoms with Crippen LogP contribution < -0.4 is 0 Å². The van der Waals surface area contributed by atoms with E-state index >= 15 is 0 Å². The molecule has 0 aromatic heterocycles. The van der Waals surface area contributed by atoms with Gasteiger partial charge in [-0.05, 0) is 60.8 Å². The number of aliphatic hydroxyl groups excluding tert-OH is 1. The van der Waals surface area contributed by atoms with Crippen molar-refractivity contribution in [3.8, 4) is 0 Å². The molecular formula is C24H36O6. The molecule has 1 aliphatic heterocycles. The van der Waals surface area contributed by atoms with Gasteiger partial charge in [0.25, 0.3) is 0 Å². The predicted octanol–water partition coefficient (Wildman–Crippen LogP) is 4.27. The molecule has 6 nitrogen and oxygen atoms in total. The molecule has 1 N–H and O–H groups in total. The van der Waals surface area contributed by atoms with E-state index in [4.69, 9.17) is 14.2 Å². The van der Waals surface area contributed by atoms with Gasteiger partial charge in [0, 0.05) is 20.3 Å². The lowest BCUT2D eigenvalue weighted by atomic mass is 9.47. The summed E-state index contributed by atoms with van der Waals surface area (Å²) >= 11 is 0. The van der Waals surface area contributed by atoms with Gasteiger partial charge in [0.15, 0.2) is 11.9 Å². The summed E-state index contributed by atoms with van der Waals surface area (Å²) in [5.41, 5.74) is -0.0893. The molecule has 0 aromatic rings. The van der Waals surface area contributed by atoms with Crippen LogP contribution in [0.1, 0.15) is 73.1 Å². The minimum absolute atomic E-state index is 0.0140. The third-order valence-electron chi connectivity index (χ3n) is 7.96. The Balaban J connectivity index is 2.00. The van der Waals surface area contributed by atoms with Crippen molar-refractivity contribution >= 4 is 11.9 Å². The monoisotopic (exact) mass is 420 g/mol. The fourth-order valence-electron chi connectivity index (χ4n) is 5.98. The Kier molecular flexibility index (Phi) is 6.23. The van der Waals surface area contributed by atoms with Crippen molar-refractivity contribution in [3.63, 3.8) is 0 Å². The molecule has 168 valence electrons. The molecule has 7 atom stereocenters. The Morgan fingerprint density at radius 3 is 2.53 bits per heavy atom. The Labute approximate surface area is 179 Å². The van der Waals surface area contributed by atoms with Gasteiger partial charge in [0.1, 0.15) is 0 Å². The Hall–Kier alpha value is -1.66. The van der Waals surface area contributed by atoms with Crippen LogP contribution in [0.4, 0.5) is 0 Å². The number of hydrogen-bond acceptors (Lipinski definition) is 6. The highest BCUT2D eigenvalue weighted by Crippen LogP contribution is 2.62. The smallest absolute Gasteiger partial charge is 0.305 e. The summed E-state index contributed by atoms with van der Waals surface area (Å²) in [5.74, 6) is -0.244. The van der Waals surface area contributed by atoms with E-state index in [1.54, 1.807) is 6.08 Å². The number of carbonyl (C=O) groups is 2. The maximum atomic E-state index is 11.9. The molecular weight excluding hydrogens is 384 g/mol. The third-order valence-corrected chi connectivity index (χ3v) is 7.96. The zero-order valence-corrected chi connectivity index (χ0v) is 18.9. The van der Waals surface area contributed by atoms with Gasteiger partial charge >= 0.3 is 11.9 Å². The topological polar surface area (TPSA) is 82.1 Å². The second-order valence-corrected chi connectivity index (χ2v) is 9.89. The number of allylic oxidation sites excluding steroid dienone is 2. The molecule has 0 unspecified atom stereocenters. The lowest BCUT2D eigenvalue weighted by molar-refractivity contribution is -0.221. The van der Waals surface area contributed by atoms with Crippen LogP contribution in [0.2, 0.25) is 0 Å². The molecule has 1 heterocycles. The van der Waals surface area contributed by atoms with Gasteiger partial charge in [-0.25, -0.2) is 0 Å². The van der Waals surface area contributed by atoms with Crippen LogP contribution in [0, 0.1) is 22.7 Å². The van der Waals surface area contributed by atoms with E-state index in [0.717, 1.165) is 32.1 Å². The van der Waals surface area contributed by atoms with E-state index < -0.39 is 30.1 Å². The largest absolute Gasteiger partial charge is 0.448 e. The van der Waals surface area contributed by atoms with Gasteiger partial charge in [0.2, 0.25) is 6.29 Å². The van der Waals surface area contributed by atoms with Gasteiger partial charge < -0.3 is 19.3 Å². The summed E-state index contributed by atoms with van der Waals surface area (Å²) in [6.07, 6.45) is 7.11. The van der Waals surface area contributed by atoms with Gasteiger partial charge in [0.05, 0.1) is 0 Å². The van der Waals surface area contributed by atoms with Gasteiger partial charge in [-0.2, -0.15) is 0 Å². The first-order chi connectivity index (χ1) is 13.9. The first kappa shape index (κ1) is 23.0. The minimum atomic E-state index is -1.35. The summed E-state index contributed by atoms with van der Waals surface area (Å²) < 4.78 is 16.3. The van der Waals surface area contributed by atoms with Crippen LogP contribution in [0.25, 0.3) is 0 Å². The zero-order chi connectivity index (χ0) is 22.3. The SMILES string of the molecule is C=C1CCC[C@@H]2[C@@](C)(/C=C/[C@]3(OC(C)=O)C[C@H](O)O[C@H]3OC(C)=O)[C@H](C)CC[C@@]12C. The van der Waals surface area contributed by atoms with E-state index in [2.05, 4.69) is 33.4 Å². The van der Waals surface area contributed by atoms with Crippen molar-refractivity contribution < 1.29 is 28.9 Å². The van der Waals surface area contributed by atoms with Crippen LogP contribution in [0.15, 0.2) is 24.3 Å². The standard InChI is InChI=1S/C24H36O6/c1-15-8-7-9-19-22(15,5)11-10-16(2)23(19,6)12-13-24(30-18(4)26)14-20(27)29-21(24)28-17(3)25/h12-13,16,19-21,27H,1,7-11,14H2,2-6H3/b13-12+/t16-,19+,20-,21-,22+,23+,24+/m1/s1. The van der Waals surface area contributed by atoms with Crippen molar-refractivity contribution in [2.75, 3.05) is 0 Å². The molecule has 2 saturated carbocycles. The lowest BCUT2D eigenvalue weighted by Crippen LogP contribution is -2.50. The fourth-order valence-corrected chi connectivity index (χ4v) is 5.98. The Bertz CT molecular complexity index is 744. The molecule has 0 bridgehead atoms. The lowest BCUT2D eigenvalue weighted by Gasteiger charge is -2.57. The molecule has 6 heteroatoms. The number of rotatable bonds is 4. The number of esters is 2. The van der Waals surface area contributed by atoms with Crippen LogP contribution in [-0.4, -0.2) is 35.2 Å². The number of carbonyl (C=O) groups excluding carboxylic acids is 2. The van der Waals surface area contributed by atoms with E-state index in [1.165, 1.54) is 19.4 Å². The molecule has 0 amide bonds. The highest BCUT2D eigenvalue weighted by Gasteiger charge is 2.55. The van der Waals surface area contributed by atoms with E-state index in [-0.39, 0.29) is 17.3 Å². The number of hydrogen-bond donors (Lipinski definition) is 1. The second kappa shape index (κ2) is 8.12. The molecule has 0 spiro atoms. The second-order valence-electron chi connectivity index (χ2n) is 9.89. The molecule has 30 heavy (non-hydrogen) atoms. The van der Waals surface area contributed by atoms with Crippen molar-refractivity contribution in [2.24, 2.45) is 22.7 Å². The van der Waals surface area contributed by atoms with Crippen molar-refractivity contribution in [2.45, 2.75) is 91.3 Å². The summed E-state index contributed by atoms with van der Waals surface area (Å²) in [5, 5.41) is 10.1. The van der Waals surface area contributed by atoms with Crippen LogP contribution in [0.5, 0.6) is 0 Å². The highest BCUT2D eigenvalue weighted by molar-refractivity contribution is 5.68. The quantitative estimate of drug-likeness (QED) is 0.540. The van der Waals surface area contributed by atoms with Crippen LogP contribution >= 0.6 is 0 Å². The van der Waals surface area contributed by atoms with Gasteiger partial charge in [-0.1, -0.05) is 39.0 Å². The van der Waals surface area contributed by atoms with Gasteiger partial charge in [-0.3, -0.25) is 9.59 Å². The summed E-state index contributed by atoms with van der Waals surface area (Å²) in [6.45, 7) is 13.8. The fraction of sp³-hybridized carbons (Fsp3) is 0.750. The average Bonchev–Trinajstić information content (AvgIpc) is 2.93. The van der Waals surface area contributed by atoms with Crippen molar-refractivity contribution in [3.05, 3.63) is 24.3 Å². The maximum absolute atomic E-state index is 11.9. The van der Waals surface area contributed by atoms with E-state index in [9.17, 15) is 14.7 Å².